The van der Waals surface area contributed by atoms with Crippen molar-refractivity contribution in [1.82, 2.24) is 0 Å². The molecular formula is C36H48O19. The molecule has 2 aromatic carbocycles. The Bertz CT molecular complexity index is 1590. The van der Waals surface area contributed by atoms with Crippen LogP contribution in [-0.4, -0.2) is 172 Å². The Morgan fingerprint density at radius 1 is 0.782 bits per heavy atom. The van der Waals surface area contributed by atoms with E-state index in [0.29, 0.717) is 11.1 Å². The molecule has 3 heterocycles. The molecule has 0 aliphatic carbocycles. The molecule has 0 amide bonds. The van der Waals surface area contributed by atoms with Crippen LogP contribution in [0.4, 0.5) is 0 Å². The average molecular weight is 785 g/mol. The largest absolute Gasteiger partial charge is 0.504 e. The summed E-state index contributed by atoms with van der Waals surface area (Å²) >= 11 is 0. The second kappa shape index (κ2) is 19.0. The van der Waals surface area contributed by atoms with Crippen LogP contribution in [0.1, 0.15) is 18.1 Å². The van der Waals surface area contributed by atoms with Gasteiger partial charge in [0, 0.05) is 6.08 Å². The number of ether oxygens (including phenoxy) is 9. The maximum atomic E-state index is 13.4. The fourth-order valence-electron chi connectivity index (χ4n) is 6.26. The third kappa shape index (κ3) is 10.0. The molecule has 19 heteroatoms. The molecule has 0 radical (unpaired) electrons. The maximum absolute atomic E-state index is 13.4. The highest BCUT2D eigenvalue weighted by atomic mass is 16.8. The van der Waals surface area contributed by atoms with Crippen molar-refractivity contribution in [2.24, 2.45) is 0 Å². The van der Waals surface area contributed by atoms with Crippen molar-refractivity contribution in [2.75, 3.05) is 34.0 Å². The van der Waals surface area contributed by atoms with E-state index in [2.05, 4.69) is 0 Å². The minimum Gasteiger partial charge on any atom is -0.504 e. The molecule has 19 nitrogen and oxygen atoms in total. The molecule has 0 spiro atoms. The van der Waals surface area contributed by atoms with E-state index in [1.165, 1.54) is 51.5 Å². The number of phenolic OH excluding ortho intramolecular Hbond substituents is 2. The van der Waals surface area contributed by atoms with Crippen LogP contribution in [0.2, 0.25) is 0 Å². The summed E-state index contributed by atoms with van der Waals surface area (Å²) in [6.07, 6.45) is -19.8. The smallest absolute Gasteiger partial charge is 0.331 e. The van der Waals surface area contributed by atoms with Gasteiger partial charge >= 0.3 is 5.97 Å². The third-order valence-corrected chi connectivity index (χ3v) is 9.40. The van der Waals surface area contributed by atoms with Crippen LogP contribution in [-0.2, 0) is 44.4 Å². The summed E-state index contributed by atoms with van der Waals surface area (Å²) in [4.78, 5) is 13.4. The summed E-state index contributed by atoms with van der Waals surface area (Å²) in [5.41, 5.74) is 1.05. The number of esters is 1. The molecule has 0 aromatic heterocycles. The number of aliphatic hydroxyl groups is 7. The zero-order chi connectivity index (χ0) is 40.0. The highest BCUT2D eigenvalue weighted by Crippen LogP contribution is 2.35. The first-order chi connectivity index (χ1) is 26.3. The summed E-state index contributed by atoms with van der Waals surface area (Å²) < 4.78 is 51.6. The molecule has 3 aliphatic rings. The normalized spacial score (nSPS) is 35.4. The molecule has 2 aromatic rings. The lowest BCUT2D eigenvalue weighted by Gasteiger charge is -2.49. The van der Waals surface area contributed by atoms with E-state index >= 15 is 0 Å². The van der Waals surface area contributed by atoms with Crippen molar-refractivity contribution in [3.05, 3.63) is 53.6 Å². The highest BCUT2D eigenvalue weighted by molar-refractivity contribution is 5.87. The van der Waals surface area contributed by atoms with Crippen LogP contribution in [0.5, 0.6) is 23.0 Å². The fraction of sp³-hybridized carbons (Fsp3) is 0.583. The molecule has 0 bridgehead atoms. The van der Waals surface area contributed by atoms with Crippen LogP contribution in [0.25, 0.3) is 6.08 Å². The van der Waals surface area contributed by atoms with E-state index in [-0.39, 0.29) is 36.0 Å². The van der Waals surface area contributed by atoms with Gasteiger partial charge in [0.05, 0.1) is 40.1 Å². The van der Waals surface area contributed by atoms with Crippen LogP contribution >= 0.6 is 0 Å². The van der Waals surface area contributed by atoms with Crippen molar-refractivity contribution in [2.45, 2.75) is 99.4 Å². The number of rotatable bonds is 14. The zero-order valence-electron chi connectivity index (χ0n) is 30.1. The van der Waals surface area contributed by atoms with Crippen LogP contribution in [0.15, 0.2) is 42.5 Å². The Balaban J connectivity index is 1.47. The molecule has 0 unspecified atom stereocenters. The molecule has 5 rings (SSSR count). The second-order valence-corrected chi connectivity index (χ2v) is 13.2. The Morgan fingerprint density at radius 2 is 1.49 bits per heavy atom. The van der Waals surface area contributed by atoms with E-state index in [0.717, 1.165) is 6.08 Å². The average Bonchev–Trinajstić information content (AvgIpc) is 3.17. The van der Waals surface area contributed by atoms with Gasteiger partial charge in [-0.05, 0) is 54.8 Å². The van der Waals surface area contributed by atoms with Gasteiger partial charge in [0.2, 0.25) is 0 Å². The van der Waals surface area contributed by atoms with Crippen molar-refractivity contribution in [3.63, 3.8) is 0 Å². The molecule has 9 N–H and O–H groups in total. The lowest BCUT2D eigenvalue weighted by molar-refractivity contribution is -0.385. The molecular weight excluding hydrogens is 736 g/mol. The van der Waals surface area contributed by atoms with Crippen molar-refractivity contribution in [3.8, 4) is 23.0 Å². The molecule has 3 fully saturated rings. The molecule has 3 aliphatic heterocycles. The summed E-state index contributed by atoms with van der Waals surface area (Å²) in [5.74, 6) is -0.867. The summed E-state index contributed by atoms with van der Waals surface area (Å²) in [7, 11) is 2.75. The van der Waals surface area contributed by atoms with E-state index in [1.807, 2.05) is 0 Å². The SMILES string of the molecule is COc1ccc(CCO[C@@H]2O[C@H](CO)[C@@H](OC(=O)C=Cc3ccc(O)c(OC)c3)[C@H](O[C@@H]3O[C@@H](C)[C@H](O)[C@@H](O)[C@H]3O)[C@H]2O[C@@H]2OC[C@H](O)[C@H](O)[C@H]2O)cc1O. The van der Waals surface area contributed by atoms with Crippen LogP contribution in [0.3, 0.4) is 0 Å². The predicted octanol–water partition coefficient (Wildman–Crippen LogP) is -1.95. The number of methoxy groups -OCH3 is 2. The first-order valence-corrected chi connectivity index (χ1v) is 17.4. The van der Waals surface area contributed by atoms with Gasteiger partial charge in [-0.3, -0.25) is 0 Å². The fourth-order valence-corrected chi connectivity index (χ4v) is 6.26. The quantitative estimate of drug-likeness (QED) is 0.0744. The number of phenols is 2. The number of carbonyl (C=O) groups is 1. The Kier molecular flexibility index (Phi) is 14.7. The standard InChI is InChI=1S/C36H48O19/c1-16-26(42)28(44)30(46)35(51-16)54-32-31(53-25(41)9-6-17-4-7-19(38)23(13-17)48-3)24(14-37)52-36(33(32)55-34-29(45)27(43)21(40)15-50-34)49-11-10-18-5-8-22(47-2)20(39)12-18/h4-9,12-13,16,21,24,26-40,42-46H,10-11,14-15H2,1-3H3/t16-,21-,24+,26-,27-,28+,29+,30+,31+,32-,33+,34-,35-,36+/m0/s1. The third-order valence-electron chi connectivity index (χ3n) is 9.40. The number of aromatic hydroxyl groups is 2. The van der Waals surface area contributed by atoms with Gasteiger partial charge < -0.3 is 88.6 Å². The maximum Gasteiger partial charge on any atom is 0.331 e. The molecule has 14 atom stereocenters. The Morgan fingerprint density at radius 3 is 2.18 bits per heavy atom. The van der Waals surface area contributed by atoms with Crippen LogP contribution < -0.4 is 9.47 Å². The van der Waals surface area contributed by atoms with E-state index in [1.54, 1.807) is 12.1 Å². The molecule has 0 saturated carbocycles. The van der Waals surface area contributed by atoms with Gasteiger partial charge in [-0.25, -0.2) is 4.79 Å². The Hall–Kier alpha value is -3.67. The summed E-state index contributed by atoms with van der Waals surface area (Å²) in [6, 6.07) is 8.99. The van der Waals surface area contributed by atoms with Gasteiger partial charge in [0.1, 0.15) is 54.9 Å². The van der Waals surface area contributed by atoms with Crippen molar-refractivity contribution in [1.29, 1.82) is 0 Å². The first-order valence-electron chi connectivity index (χ1n) is 17.4. The number of hydrogen-bond donors (Lipinski definition) is 9. The van der Waals surface area contributed by atoms with Crippen molar-refractivity contribution >= 4 is 12.0 Å². The van der Waals surface area contributed by atoms with Gasteiger partial charge in [0.25, 0.3) is 0 Å². The van der Waals surface area contributed by atoms with Gasteiger partial charge in [0.15, 0.2) is 48.0 Å². The topological polar surface area (TPSA) is 282 Å². The minimum absolute atomic E-state index is 0.121. The molecule has 55 heavy (non-hydrogen) atoms. The van der Waals surface area contributed by atoms with Gasteiger partial charge in [-0.2, -0.15) is 0 Å². The van der Waals surface area contributed by atoms with Gasteiger partial charge in [-0.1, -0.05) is 12.1 Å². The summed E-state index contributed by atoms with van der Waals surface area (Å²) in [5, 5.41) is 93.8. The molecule has 306 valence electrons. The number of carbonyl (C=O) groups excluding carboxylic acids is 1. The lowest BCUT2D eigenvalue weighted by Crippen LogP contribution is -2.67. The summed E-state index contributed by atoms with van der Waals surface area (Å²) in [6.45, 7) is 0.0251. The van der Waals surface area contributed by atoms with E-state index in [9.17, 15) is 50.8 Å². The minimum atomic E-state index is -1.86. The second-order valence-electron chi connectivity index (χ2n) is 13.2. The monoisotopic (exact) mass is 784 g/mol. The highest BCUT2D eigenvalue weighted by Gasteiger charge is 2.55. The predicted molar refractivity (Wildman–Crippen MR) is 183 cm³/mol. The first kappa shape index (κ1) is 42.5. The number of hydrogen-bond acceptors (Lipinski definition) is 19. The molecule has 3 saturated heterocycles. The number of benzene rings is 2. The zero-order valence-corrected chi connectivity index (χ0v) is 30.1. The number of aliphatic hydroxyl groups excluding tert-OH is 7. The van der Waals surface area contributed by atoms with Crippen molar-refractivity contribution < 1.29 is 93.4 Å². The van der Waals surface area contributed by atoms with E-state index in [4.69, 9.17) is 42.6 Å². The van der Waals surface area contributed by atoms with Gasteiger partial charge in [-0.15, -0.1) is 0 Å². The Labute approximate surface area is 315 Å². The van der Waals surface area contributed by atoms with E-state index < -0.39 is 105 Å². The lowest BCUT2D eigenvalue weighted by atomic mass is 9.96. The van der Waals surface area contributed by atoms with Crippen LogP contribution in [0, 0.1) is 0 Å².